The van der Waals surface area contributed by atoms with E-state index < -0.39 is 0 Å². The first kappa shape index (κ1) is 29.5. The summed E-state index contributed by atoms with van der Waals surface area (Å²) in [5.74, 6) is 0.193. The molecule has 180 valence electrons. The number of hydrogen-bond donors (Lipinski definition) is 0. The highest BCUT2D eigenvalue weighted by Gasteiger charge is 2.21. The van der Waals surface area contributed by atoms with Crippen molar-refractivity contribution in [3.63, 3.8) is 0 Å². The predicted octanol–water partition coefficient (Wildman–Crippen LogP) is 9.79. The van der Waals surface area contributed by atoms with E-state index in [1.807, 2.05) is 0 Å². The SMILES string of the molecule is CCCCCCCCCCC(CCCCCCCCC)OC(=O)C(CC)CCCC. The fourth-order valence-electron chi connectivity index (χ4n) is 4.30. The highest BCUT2D eigenvalue weighted by atomic mass is 16.5. The molecule has 0 fully saturated rings. The molecule has 0 bridgehead atoms. The Morgan fingerprint density at radius 1 is 0.533 bits per heavy atom. The van der Waals surface area contributed by atoms with Crippen LogP contribution in [0.25, 0.3) is 0 Å². The second kappa shape index (κ2) is 23.1. The fourth-order valence-corrected chi connectivity index (χ4v) is 4.30. The van der Waals surface area contributed by atoms with Gasteiger partial charge in [-0.25, -0.2) is 0 Å². The molecule has 0 aliphatic rings. The van der Waals surface area contributed by atoms with Gasteiger partial charge < -0.3 is 4.74 Å². The average molecular weight is 425 g/mol. The fraction of sp³-hybridized carbons (Fsp3) is 0.964. The van der Waals surface area contributed by atoms with Crippen molar-refractivity contribution in [1.29, 1.82) is 0 Å². The van der Waals surface area contributed by atoms with E-state index in [0.29, 0.717) is 0 Å². The third-order valence-electron chi connectivity index (χ3n) is 6.52. The van der Waals surface area contributed by atoms with Crippen LogP contribution < -0.4 is 0 Å². The van der Waals surface area contributed by atoms with Crippen LogP contribution in [0.1, 0.15) is 163 Å². The molecule has 0 aliphatic heterocycles. The van der Waals surface area contributed by atoms with Gasteiger partial charge in [-0.3, -0.25) is 4.79 Å². The third-order valence-corrected chi connectivity index (χ3v) is 6.52. The molecule has 2 nitrogen and oxygen atoms in total. The molecule has 0 aromatic carbocycles. The largest absolute Gasteiger partial charge is 0.462 e. The van der Waals surface area contributed by atoms with Gasteiger partial charge in [-0.2, -0.15) is 0 Å². The minimum absolute atomic E-state index is 0.0819. The van der Waals surface area contributed by atoms with Crippen molar-refractivity contribution >= 4 is 5.97 Å². The van der Waals surface area contributed by atoms with Crippen molar-refractivity contribution in [3.8, 4) is 0 Å². The quantitative estimate of drug-likeness (QED) is 0.120. The van der Waals surface area contributed by atoms with E-state index in [1.54, 1.807) is 0 Å². The van der Waals surface area contributed by atoms with Gasteiger partial charge in [0.2, 0.25) is 0 Å². The molecular weight excluding hydrogens is 368 g/mol. The van der Waals surface area contributed by atoms with E-state index in [9.17, 15) is 4.79 Å². The molecule has 2 atom stereocenters. The van der Waals surface area contributed by atoms with Crippen LogP contribution in [0.3, 0.4) is 0 Å². The first-order chi connectivity index (χ1) is 14.7. The summed E-state index contributed by atoms with van der Waals surface area (Å²) in [6.07, 6.45) is 26.5. The van der Waals surface area contributed by atoms with Crippen molar-refractivity contribution < 1.29 is 9.53 Å². The topological polar surface area (TPSA) is 26.3 Å². The van der Waals surface area contributed by atoms with Gasteiger partial charge in [-0.05, 0) is 38.5 Å². The highest BCUT2D eigenvalue weighted by Crippen LogP contribution is 2.21. The number of carbonyl (C=O) groups excluding carboxylic acids is 1. The number of carbonyl (C=O) groups is 1. The van der Waals surface area contributed by atoms with Crippen molar-refractivity contribution in [1.82, 2.24) is 0 Å². The normalized spacial score (nSPS) is 13.3. The van der Waals surface area contributed by atoms with Gasteiger partial charge in [-0.1, -0.05) is 124 Å². The van der Waals surface area contributed by atoms with Crippen LogP contribution >= 0.6 is 0 Å². The van der Waals surface area contributed by atoms with Gasteiger partial charge in [0.25, 0.3) is 0 Å². The molecular formula is C28H56O2. The lowest BCUT2D eigenvalue weighted by atomic mass is 9.98. The second-order valence-electron chi connectivity index (χ2n) is 9.48. The van der Waals surface area contributed by atoms with Gasteiger partial charge in [-0.15, -0.1) is 0 Å². The second-order valence-corrected chi connectivity index (χ2v) is 9.48. The molecule has 0 saturated heterocycles. The Kier molecular flexibility index (Phi) is 22.7. The molecule has 0 spiro atoms. The Bertz CT molecular complexity index is 353. The Hall–Kier alpha value is -0.530. The lowest BCUT2D eigenvalue weighted by Gasteiger charge is -2.21. The van der Waals surface area contributed by atoms with E-state index in [0.717, 1.165) is 38.5 Å². The summed E-state index contributed by atoms with van der Waals surface area (Å²) in [5, 5.41) is 0. The molecule has 0 aromatic heterocycles. The maximum absolute atomic E-state index is 12.7. The van der Waals surface area contributed by atoms with Crippen molar-refractivity contribution in [2.45, 2.75) is 169 Å². The standard InChI is InChI=1S/C28H56O2/c1-5-9-12-14-16-18-20-22-25-27(24-21-19-17-15-13-10-6-2)30-28(29)26(8-4)23-11-7-3/h26-27H,5-25H2,1-4H3. The summed E-state index contributed by atoms with van der Waals surface area (Å²) in [4.78, 5) is 12.7. The molecule has 0 radical (unpaired) electrons. The van der Waals surface area contributed by atoms with Crippen LogP contribution in [-0.2, 0) is 9.53 Å². The van der Waals surface area contributed by atoms with E-state index in [2.05, 4.69) is 27.7 Å². The van der Waals surface area contributed by atoms with Gasteiger partial charge in [0.1, 0.15) is 6.10 Å². The van der Waals surface area contributed by atoms with Crippen LogP contribution in [-0.4, -0.2) is 12.1 Å². The predicted molar refractivity (Wildman–Crippen MR) is 133 cm³/mol. The summed E-state index contributed by atoms with van der Waals surface area (Å²) in [7, 11) is 0. The summed E-state index contributed by atoms with van der Waals surface area (Å²) < 4.78 is 6.07. The monoisotopic (exact) mass is 424 g/mol. The molecule has 2 heteroatoms. The maximum Gasteiger partial charge on any atom is 0.309 e. The van der Waals surface area contributed by atoms with Crippen molar-refractivity contribution in [3.05, 3.63) is 0 Å². The number of hydrogen-bond acceptors (Lipinski definition) is 2. The molecule has 0 amide bonds. The van der Waals surface area contributed by atoms with Gasteiger partial charge in [0.15, 0.2) is 0 Å². The molecule has 0 rings (SSSR count). The van der Waals surface area contributed by atoms with Crippen LogP contribution in [0.5, 0.6) is 0 Å². The molecule has 0 aliphatic carbocycles. The Balaban J connectivity index is 4.24. The molecule has 0 N–H and O–H groups in total. The van der Waals surface area contributed by atoms with Crippen molar-refractivity contribution in [2.24, 2.45) is 5.92 Å². The van der Waals surface area contributed by atoms with E-state index >= 15 is 0 Å². The number of rotatable bonds is 23. The number of ether oxygens (including phenoxy) is 1. The Labute approximate surface area is 190 Å². The summed E-state index contributed by atoms with van der Waals surface area (Å²) in [5.41, 5.74) is 0. The van der Waals surface area contributed by atoms with Gasteiger partial charge in [0.05, 0.1) is 5.92 Å². The van der Waals surface area contributed by atoms with Gasteiger partial charge >= 0.3 is 5.97 Å². The van der Waals surface area contributed by atoms with Gasteiger partial charge in [0, 0.05) is 0 Å². The Morgan fingerprint density at radius 3 is 1.33 bits per heavy atom. The molecule has 2 unspecified atom stereocenters. The highest BCUT2D eigenvalue weighted by molar-refractivity contribution is 5.72. The van der Waals surface area contributed by atoms with Crippen molar-refractivity contribution in [2.75, 3.05) is 0 Å². The Morgan fingerprint density at radius 2 is 0.933 bits per heavy atom. The number of esters is 1. The van der Waals surface area contributed by atoms with E-state index in [1.165, 1.54) is 96.3 Å². The first-order valence-corrected chi connectivity index (χ1v) is 13.9. The lowest BCUT2D eigenvalue weighted by Crippen LogP contribution is -2.24. The number of unbranched alkanes of at least 4 members (excludes halogenated alkanes) is 14. The van der Waals surface area contributed by atoms with Crippen LogP contribution in [0.2, 0.25) is 0 Å². The van der Waals surface area contributed by atoms with Crippen LogP contribution in [0.15, 0.2) is 0 Å². The third kappa shape index (κ3) is 18.3. The molecule has 30 heavy (non-hydrogen) atoms. The maximum atomic E-state index is 12.7. The zero-order valence-corrected chi connectivity index (χ0v) is 21.3. The van der Waals surface area contributed by atoms with Crippen LogP contribution in [0, 0.1) is 5.92 Å². The zero-order chi connectivity index (χ0) is 22.3. The first-order valence-electron chi connectivity index (χ1n) is 13.9. The van der Waals surface area contributed by atoms with E-state index in [-0.39, 0.29) is 18.0 Å². The van der Waals surface area contributed by atoms with Crippen LogP contribution in [0.4, 0.5) is 0 Å². The summed E-state index contributed by atoms with van der Waals surface area (Å²) >= 11 is 0. The lowest BCUT2D eigenvalue weighted by molar-refractivity contribution is -0.155. The average Bonchev–Trinajstić information content (AvgIpc) is 2.75. The summed E-state index contributed by atoms with van der Waals surface area (Å²) in [6.45, 7) is 8.88. The minimum Gasteiger partial charge on any atom is -0.462 e. The molecule has 0 saturated carbocycles. The van der Waals surface area contributed by atoms with E-state index in [4.69, 9.17) is 4.74 Å². The minimum atomic E-state index is 0.0819. The summed E-state index contributed by atoms with van der Waals surface area (Å²) in [6, 6.07) is 0. The zero-order valence-electron chi connectivity index (χ0n) is 21.3. The molecule has 0 aromatic rings. The smallest absolute Gasteiger partial charge is 0.309 e. The molecule has 0 heterocycles.